The van der Waals surface area contributed by atoms with E-state index in [2.05, 4.69) is 35.8 Å². The van der Waals surface area contributed by atoms with Crippen LogP contribution in [-0.2, 0) is 15.1 Å². The molecule has 2 amide bonds. The van der Waals surface area contributed by atoms with Crippen LogP contribution in [0.4, 0.5) is 0 Å². The van der Waals surface area contributed by atoms with Gasteiger partial charge in [0.2, 0.25) is 11.8 Å². The second-order valence-electron chi connectivity index (χ2n) is 6.31. The Morgan fingerprint density at radius 3 is 2.71 bits per heavy atom. The van der Waals surface area contributed by atoms with Crippen LogP contribution in [0.3, 0.4) is 0 Å². The van der Waals surface area contributed by atoms with E-state index < -0.39 is 0 Å². The molecule has 1 heterocycles. The zero-order chi connectivity index (χ0) is 14.9. The summed E-state index contributed by atoms with van der Waals surface area (Å²) in [7, 11) is 0. The van der Waals surface area contributed by atoms with Gasteiger partial charge in [0, 0.05) is 6.42 Å². The van der Waals surface area contributed by atoms with Crippen LogP contribution in [0.2, 0.25) is 0 Å². The lowest BCUT2D eigenvalue weighted by atomic mass is 9.87. The number of nitrogens with one attached hydrogen (secondary N) is 2. The first kappa shape index (κ1) is 14.1. The minimum atomic E-state index is -0.361. The van der Waals surface area contributed by atoms with E-state index in [1.165, 1.54) is 11.1 Å². The summed E-state index contributed by atoms with van der Waals surface area (Å²) >= 11 is 0. The molecular weight excluding hydrogens is 264 g/mol. The summed E-state index contributed by atoms with van der Waals surface area (Å²) in [5, 5.41) is 6.00. The van der Waals surface area contributed by atoms with E-state index in [4.69, 9.17) is 0 Å². The molecule has 1 aliphatic carbocycles. The van der Waals surface area contributed by atoms with E-state index in [-0.39, 0.29) is 23.4 Å². The summed E-state index contributed by atoms with van der Waals surface area (Å²) in [6.07, 6.45) is 5.27. The fourth-order valence-electron chi connectivity index (χ4n) is 3.54. The SMILES string of the molecule is Cc1cccc(C2(NC(=O)[C@H]3CCC(=O)N3)CCCC2)c1. The molecule has 1 aromatic carbocycles. The highest BCUT2D eigenvalue weighted by Gasteiger charge is 2.39. The molecule has 0 bridgehead atoms. The van der Waals surface area contributed by atoms with Gasteiger partial charge < -0.3 is 10.6 Å². The molecule has 0 radical (unpaired) electrons. The van der Waals surface area contributed by atoms with Crippen LogP contribution in [0.25, 0.3) is 0 Å². The fourth-order valence-corrected chi connectivity index (χ4v) is 3.54. The van der Waals surface area contributed by atoms with Crippen molar-refractivity contribution in [3.05, 3.63) is 35.4 Å². The van der Waals surface area contributed by atoms with Crippen LogP contribution in [0.1, 0.15) is 49.7 Å². The molecule has 112 valence electrons. The predicted octanol–water partition coefficient (Wildman–Crippen LogP) is 2.16. The first-order valence-corrected chi connectivity index (χ1v) is 7.78. The largest absolute Gasteiger partial charge is 0.345 e. The number of rotatable bonds is 3. The summed E-state index contributed by atoms with van der Waals surface area (Å²) in [6.45, 7) is 2.07. The third-order valence-electron chi connectivity index (χ3n) is 4.70. The summed E-state index contributed by atoms with van der Waals surface area (Å²) in [5.74, 6) is -0.0598. The quantitative estimate of drug-likeness (QED) is 0.894. The summed E-state index contributed by atoms with van der Waals surface area (Å²) in [5.41, 5.74) is 2.15. The van der Waals surface area contributed by atoms with Gasteiger partial charge in [-0.05, 0) is 31.7 Å². The van der Waals surface area contributed by atoms with Crippen molar-refractivity contribution in [3.63, 3.8) is 0 Å². The van der Waals surface area contributed by atoms with E-state index >= 15 is 0 Å². The molecule has 1 saturated carbocycles. The van der Waals surface area contributed by atoms with Crippen LogP contribution >= 0.6 is 0 Å². The Labute approximate surface area is 125 Å². The summed E-state index contributed by atoms with van der Waals surface area (Å²) in [4.78, 5) is 23.8. The maximum absolute atomic E-state index is 12.5. The fraction of sp³-hybridized carbons (Fsp3) is 0.529. The Kier molecular flexibility index (Phi) is 3.70. The molecule has 1 saturated heterocycles. The van der Waals surface area contributed by atoms with Crippen molar-refractivity contribution in [1.29, 1.82) is 0 Å². The van der Waals surface area contributed by atoms with Crippen LogP contribution in [0, 0.1) is 6.92 Å². The molecule has 21 heavy (non-hydrogen) atoms. The summed E-state index contributed by atoms with van der Waals surface area (Å²) < 4.78 is 0. The Bertz CT molecular complexity index is 562. The number of benzene rings is 1. The molecule has 4 heteroatoms. The molecule has 0 spiro atoms. The van der Waals surface area contributed by atoms with Gasteiger partial charge in [-0.25, -0.2) is 0 Å². The first-order valence-electron chi connectivity index (χ1n) is 7.78. The molecule has 4 nitrogen and oxygen atoms in total. The van der Waals surface area contributed by atoms with Crippen molar-refractivity contribution in [2.75, 3.05) is 0 Å². The average molecular weight is 286 g/mol. The number of carbonyl (C=O) groups is 2. The normalized spacial score (nSPS) is 23.9. The standard InChI is InChI=1S/C17H22N2O2/c1-12-5-4-6-13(11-12)17(9-2-3-10-17)19-16(21)14-7-8-15(20)18-14/h4-6,11,14H,2-3,7-10H2,1H3,(H,18,20)(H,19,21)/t14-/m1/s1. The molecular formula is C17H22N2O2. The van der Waals surface area contributed by atoms with E-state index in [0.717, 1.165) is 25.7 Å². The van der Waals surface area contributed by atoms with Crippen molar-refractivity contribution >= 4 is 11.8 Å². The minimum Gasteiger partial charge on any atom is -0.345 e. The lowest BCUT2D eigenvalue weighted by molar-refractivity contribution is -0.127. The number of aryl methyl sites for hydroxylation is 1. The molecule has 1 aliphatic heterocycles. The zero-order valence-electron chi connectivity index (χ0n) is 12.4. The predicted molar refractivity (Wildman–Crippen MR) is 80.6 cm³/mol. The number of carbonyl (C=O) groups excluding carboxylic acids is 2. The maximum atomic E-state index is 12.5. The molecule has 2 fully saturated rings. The summed E-state index contributed by atoms with van der Waals surface area (Å²) in [6, 6.07) is 8.03. The van der Waals surface area contributed by atoms with Gasteiger partial charge in [-0.1, -0.05) is 42.7 Å². The molecule has 3 rings (SSSR count). The molecule has 0 aromatic heterocycles. The number of hydrogen-bond acceptors (Lipinski definition) is 2. The lowest BCUT2D eigenvalue weighted by Crippen LogP contribution is -2.50. The number of amides is 2. The topological polar surface area (TPSA) is 58.2 Å². The number of hydrogen-bond donors (Lipinski definition) is 2. The molecule has 2 N–H and O–H groups in total. The minimum absolute atomic E-state index is 0.0221. The van der Waals surface area contributed by atoms with Gasteiger partial charge in [0.05, 0.1) is 5.54 Å². The van der Waals surface area contributed by atoms with Crippen molar-refractivity contribution in [2.45, 2.75) is 57.0 Å². The van der Waals surface area contributed by atoms with Crippen molar-refractivity contribution in [1.82, 2.24) is 10.6 Å². The highest BCUT2D eigenvalue weighted by molar-refractivity contribution is 5.91. The molecule has 0 unspecified atom stereocenters. The van der Waals surface area contributed by atoms with Gasteiger partial charge in [-0.15, -0.1) is 0 Å². The van der Waals surface area contributed by atoms with Crippen molar-refractivity contribution in [3.8, 4) is 0 Å². The Balaban J connectivity index is 1.81. The Hall–Kier alpha value is -1.84. The van der Waals surface area contributed by atoms with Gasteiger partial charge in [0.25, 0.3) is 0 Å². The first-order chi connectivity index (χ1) is 10.1. The third-order valence-corrected chi connectivity index (χ3v) is 4.70. The van der Waals surface area contributed by atoms with Crippen LogP contribution < -0.4 is 10.6 Å². The third kappa shape index (κ3) is 2.80. The maximum Gasteiger partial charge on any atom is 0.243 e. The van der Waals surface area contributed by atoms with Gasteiger partial charge in [0.15, 0.2) is 0 Å². The van der Waals surface area contributed by atoms with E-state index in [0.29, 0.717) is 12.8 Å². The van der Waals surface area contributed by atoms with E-state index in [1.807, 2.05) is 6.07 Å². The van der Waals surface area contributed by atoms with Gasteiger partial charge in [0.1, 0.15) is 6.04 Å². The molecule has 2 aliphatic rings. The highest BCUT2D eigenvalue weighted by atomic mass is 16.2. The van der Waals surface area contributed by atoms with Gasteiger partial charge in [-0.3, -0.25) is 9.59 Å². The van der Waals surface area contributed by atoms with Crippen LogP contribution in [-0.4, -0.2) is 17.9 Å². The Morgan fingerprint density at radius 2 is 2.10 bits per heavy atom. The van der Waals surface area contributed by atoms with Crippen LogP contribution in [0.5, 0.6) is 0 Å². The highest BCUT2D eigenvalue weighted by Crippen LogP contribution is 2.39. The van der Waals surface area contributed by atoms with E-state index in [9.17, 15) is 9.59 Å². The second kappa shape index (κ2) is 5.51. The van der Waals surface area contributed by atoms with Gasteiger partial charge in [-0.2, -0.15) is 0 Å². The molecule has 1 atom stereocenters. The zero-order valence-corrected chi connectivity index (χ0v) is 12.4. The van der Waals surface area contributed by atoms with E-state index in [1.54, 1.807) is 0 Å². The lowest BCUT2D eigenvalue weighted by Gasteiger charge is -2.32. The second-order valence-corrected chi connectivity index (χ2v) is 6.31. The smallest absolute Gasteiger partial charge is 0.243 e. The van der Waals surface area contributed by atoms with Gasteiger partial charge >= 0.3 is 0 Å². The average Bonchev–Trinajstić information content (AvgIpc) is 3.09. The molecule has 1 aromatic rings. The van der Waals surface area contributed by atoms with Crippen molar-refractivity contribution in [2.24, 2.45) is 0 Å². The monoisotopic (exact) mass is 286 g/mol. The Morgan fingerprint density at radius 1 is 1.33 bits per heavy atom. The van der Waals surface area contributed by atoms with Crippen LogP contribution in [0.15, 0.2) is 24.3 Å². The van der Waals surface area contributed by atoms with Crippen molar-refractivity contribution < 1.29 is 9.59 Å².